The minimum Gasteiger partial charge on any atom is -0.376 e. The summed E-state index contributed by atoms with van der Waals surface area (Å²) in [6, 6.07) is 5.09. The van der Waals surface area contributed by atoms with Crippen molar-refractivity contribution in [2.24, 2.45) is 0 Å². The lowest BCUT2D eigenvalue weighted by molar-refractivity contribution is -0.116. The standard InChI is InChI=1S/C16H22N2O4S/c1-12-11-17(8-9-22-12)23(20,21)15-5-6-16-14(10-15)4-3-7-18(16)13(2)19/h5-6,10,12H,3-4,7-9,11H2,1-2H3/t12-/m0/s1. The second-order valence-electron chi connectivity index (χ2n) is 6.11. The van der Waals surface area contributed by atoms with Crippen molar-refractivity contribution in [3.8, 4) is 0 Å². The van der Waals surface area contributed by atoms with Crippen molar-refractivity contribution in [3.63, 3.8) is 0 Å². The average Bonchev–Trinajstić information content (AvgIpc) is 2.53. The molecule has 126 valence electrons. The summed E-state index contributed by atoms with van der Waals surface area (Å²) >= 11 is 0. The highest BCUT2D eigenvalue weighted by Gasteiger charge is 2.30. The van der Waals surface area contributed by atoms with Gasteiger partial charge in [0, 0.05) is 32.2 Å². The minimum absolute atomic E-state index is 0.0106. The predicted octanol–water partition coefficient (Wildman–Crippen LogP) is 1.40. The van der Waals surface area contributed by atoms with E-state index in [0.717, 1.165) is 24.1 Å². The quantitative estimate of drug-likeness (QED) is 0.817. The van der Waals surface area contributed by atoms with E-state index in [1.54, 1.807) is 23.1 Å². The number of fused-ring (bicyclic) bond motifs is 1. The highest BCUT2D eigenvalue weighted by atomic mass is 32.2. The summed E-state index contributed by atoms with van der Waals surface area (Å²) in [6.45, 7) is 5.27. The molecule has 0 bridgehead atoms. The Kier molecular flexibility index (Phi) is 4.44. The number of benzene rings is 1. The molecule has 1 aromatic rings. The Morgan fingerprint density at radius 2 is 2.09 bits per heavy atom. The smallest absolute Gasteiger partial charge is 0.243 e. The summed E-state index contributed by atoms with van der Waals surface area (Å²) in [7, 11) is -3.52. The first-order chi connectivity index (χ1) is 10.9. The molecule has 2 aliphatic heterocycles. The molecule has 2 heterocycles. The summed E-state index contributed by atoms with van der Waals surface area (Å²) in [4.78, 5) is 13.7. The number of hydrogen-bond donors (Lipinski definition) is 0. The molecule has 6 nitrogen and oxygen atoms in total. The molecule has 23 heavy (non-hydrogen) atoms. The highest BCUT2D eigenvalue weighted by molar-refractivity contribution is 7.89. The molecule has 1 saturated heterocycles. The maximum absolute atomic E-state index is 12.8. The van der Waals surface area contributed by atoms with Crippen LogP contribution in [-0.2, 0) is 26.0 Å². The molecule has 2 aliphatic rings. The Bertz CT molecular complexity index is 717. The fourth-order valence-electron chi connectivity index (χ4n) is 3.21. The first-order valence-electron chi connectivity index (χ1n) is 7.92. The van der Waals surface area contributed by atoms with Gasteiger partial charge in [-0.1, -0.05) is 0 Å². The number of anilines is 1. The molecule has 0 radical (unpaired) electrons. The van der Waals surface area contributed by atoms with E-state index in [2.05, 4.69) is 0 Å². The van der Waals surface area contributed by atoms with E-state index in [0.29, 0.717) is 31.1 Å². The van der Waals surface area contributed by atoms with E-state index in [4.69, 9.17) is 4.74 Å². The summed E-state index contributed by atoms with van der Waals surface area (Å²) in [6.07, 6.45) is 1.55. The van der Waals surface area contributed by atoms with Crippen LogP contribution in [0.25, 0.3) is 0 Å². The zero-order valence-corrected chi connectivity index (χ0v) is 14.3. The fraction of sp³-hybridized carbons (Fsp3) is 0.562. The first kappa shape index (κ1) is 16.4. The van der Waals surface area contributed by atoms with E-state index in [1.165, 1.54) is 11.2 Å². The molecular weight excluding hydrogens is 316 g/mol. The SMILES string of the molecule is CC(=O)N1CCCc2cc(S(=O)(=O)N3CCO[C@@H](C)C3)ccc21. The molecule has 3 rings (SSSR count). The number of carbonyl (C=O) groups excluding carboxylic acids is 1. The lowest BCUT2D eigenvalue weighted by Crippen LogP contribution is -2.44. The van der Waals surface area contributed by atoms with Crippen molar-refractivity contribution < 1.29 is 17.9 Å². The molecule has 0 unspecified atom stereocenters. The average molecular weight is 338 g/mol. The lowest BCUT2D eigenvalue weighted by atomic mass is 10.0. The topological polar surface area (TPSA) is 66.9 Å². The van der Waals surface area contributed by atoms with E-state index >= 15 is 0 Å². The van der Waals surface area contributed by atoms with Gasteiger partial charge in [-0.15, -0.1) is 0 Å². The van der Waals surface area contributed by atoms with E-state index in [-0.39, 0.29) is 12.0 Å². The van der Waals surface area contributed by atoms with Crippen molar-refractivity contribution >= 4 is 21.6 Å². The van der Waals surface area contributed by atoms with Gasteiger partial charge in [-0.25, -0.2) is 8.42 Å². The maximum atomic E-state index is 12.8. The van der Waals surface area contributed by atoms with Gasteiger partial charge in [0.05, 0.1) is 17.6 Å². The number of nitrogens with zero attached hydrogens (tertiary/aromatic N) is 2. The van der Waals surface area contributed by atoms with Crippen molar-refractivity contribution in [2.75, 3.05) is 31.1 Å². The Balaban J connectivity index is 1.93. The molecule has 7 heteroatoms. The molecular formula is C16H22N2O4S. The second-order valence-corrected chi connectivity index (χ2v) is 8.05. The molecule has 1 amide bonds. The number of carbonyl (C=O) groups is 1. The molecule has 1 aromatic carbocycles. The van der Waals surface area contributed by atoms with Crippen molar-refractivity contribution in [1.82, 2.24) is 4.31 Å². The van der Waals surface area contributed by atoms with Gasteiger partial charge in [-0.2, -0.15) is 4.31 Å². The molecule has 0 aromatic heterocycles. The van der Waals surface area contributed by atoms with Gasteiger partial charge in [0.25, 0.3) is 0 Å². The highest BCUT2D eigenvalue weighted by Crippen LogP contribution is 2.30. The van der Waals surface area contributed by atoms with Gasteiger partial charge < -0.3 is 9.64 Å². The lowest BCUT2D eigenvalue weighted by Gasteiger charge is -2.32. The Hall–Kier alpha value is -1.44. The Morgan fingerprint density at radius 3 is 2.78 bits per heavy atom. The predicted molar refractivity (Wildman–Crippen MR) is 87.0 cm³/mol. The third kappa shape index (κ3) is 3.13. The number of morpholine rings is 1. The normalized spacial score (nSPS) is 22.7. The van der Waals surface area contributed by atoms with Crippen molar-refractivity contribution in [1.29, 1.82) is 0 Å². The maximum Gasteiger partial charge on any atom is 0.243 e. The van der Waals surface area contributed by atoms with Gasteiger partial charge in [-0.3, -0.25) is 4.79 Å². The number of rotatable bonds is 2. The summed E-state index contributed by atoms with van der Waals surface area (Å²) in [5.41, 5.74) is 1.76. The van der Waals surface area contributed by atoms with E-state index in [9.17, 15) is 13.2 Å². The number of sulfonamides is 1. The van der Waals surface area contributed by atoms with E-state index in [1.807, 2.05) is 6.92 Å². The third-order valence-electron chi connectivity index (χ3n) is 4.39. The molecule has 0 aliphatic carbocycles. The van der Waals surface area contributed by atoms with Crippen molar-refractivity contribution in [3.05, 3.63) is 23.8 Å². The first-order valence-corrected chi connectivity index (χ1v) is 9.36. The summed E-state index contributed by atoms with van der Waals surface area (Å²) in [5, 5.41) is 0. The third-order valence-corrected chi connectivity index (χ3v) is 6.25. The number of aryl methyl sites for hydroxylation is 1. The zero-order chi connectivity index (χ0) is 16.6. The van der Waals surface area contributed by atoms with Gasteiger partial charge >= 0.3 is 0 Å². The fourth-order valence-corrected chi connectivity index (χ4v) is 4.77. The minimum atomic E-state index is -3.52. The number of hydrogen-bond acceptors (Lipinski definition) is 4. The second kappa shape index (κ2) is 6.22. The van der Waals surface area contributed by atoms with Crippen LogP contribution < -0.4 is 4.90 Å². The Labute approximate surface area is 137 Å². The molecule has 0 saturated carbocycles. The largest absolute Gasteiger partial charge is 0.376 e. The number of amides is 1. The van der Waals surface area contributed by atoms with Crippen LogP contribution in [0.2, 0.25) is 0 Å². The van der Waals surface area contributed by atoms with Gasteiger partial charge in [0.1, 0.15) is 0 Å². The van der Waals surface area contributed by atoms with Crippen LogP contribution in [0.4, 0.5) is 5.69 Å². The van der Waals surface area contributed by atoms with Crippen LogP contribution in [0.3, 0.4) is 0 Å². The van der Waals surface area contributed by atoms with Crippen molar-refractivity contribution in [2.45, 2.75) is 37.7 Å². The molecule has 0 N–H and O–H groups in total. The zero-order valence-electron chi connectivity index (χ0n) is 13.5. The van der Waals surface area contributed by atoms with E-state index < -0.39 is 10.0 Å². The van der Waals surface area contributed by atoms with Crippen LogP contribution in [0.5, 0.6) is 0 Å². The van der Waals surface area contributed by atoms with Gasteiger partial charge in [0.15, 0.2) is 0 Å². The van der Waals surface area contributed by atoms with Crippen LogP contribution in [-0.4, -0.2) is 51.0 Å². The van der Waals surface area contributed by atoms with Crippen LogP contribution >= 0.6 is 0 Å². The molecule has 1 atom stereocenters. The molecule has 1 fully saturated rings. The van der Waals surface area contributed by atoms with Gasteiger partial charge in [-0.05, 0) is 43.5 Å². The summed E-state index contributed by atoms with van der Waals surface area (Å²) in [5.74, 6) is -0.0106. The van der Waals surface area contributed by atoms with Crippen LogP contribution in [0, 0.1) is 0 Å². The van der Waals surface area contributed by atoms with Crippen LogP contribution in [0.1, 0.15) is 25.8 Å². The van der Waals surface area contributed by atoms with Gasteiger partial charge in [0.2, 0.25) is 15.9 Å². The van der Waals surface area contributed by atoms with Crippen LogP contribution in [0.15, 0.2) is 23.1 Å². The summed E-state index contributed by atoms with van der Waals surface area (Å²) < 4.78 is 32.5. The monoisotopic (exact) mass is 338 g/mol. The number of ether oxygens (including phenoxy) is 1. The molecule has 0 spiro atoms. The Morgan fingerprint density at radius 1 is 1.30 bits per heavy atom.